The third-order valence-electron chi connectivity index (χ3n) is 2.86. The summed E-state index contributed by atoms with van der Waals surface area (Å²) in [6, 6.07) is 3.93. The lowest BCUT2D eigenvalue weighted by molar-refractivity contribution is -0.164. The molecule has 4 nitrogen and oxygen atoms in total. The summed E-state index contributed by atoms with van der Waals surface area (Å²) in [6.45, 7) is 1.45. The van der Waals surface area contributed by atoms with Crippen molar-refractivity contribution in [2.45, 2.75) is 25.5 Å². The van der Waals surface area contributed by atoms with E-state index in [4.69, 9.17) is 23.2 Å². The molecule has 1 heterocycles. The van der Waals surface area contributed by atoms with E-state index in [9.17, 15) is 18.7 Å². The first-order valence-corrected chi connectivity index (χ1v) is 6.35. The number of alkyl halides is 2. The summed E-state index contributed by atoms with van der Waals surface area (Å²) >= 11 is 11.5. The molecule has 0 saturated carbocycles. The van der Waals surface area contributed by atoms with Crippen molar-refractivity contribution in [2.75, 3.05) is 0 Å². The molecule has 0 radical (unpaired) electrons. The molecule has 0 bridgehead atoms. The summed E-state index contributed by atoms with van der Waals surface area (Å²) in [5.74, 6) is -0.872. The number of aliphatic hydroxyl groups is 1. The SMILES string of the molecule is CC1=NN(C(=O)c2ccc(Cl)c(Cl)c2)C(O)(C(F)F)C1. The fraction of sp³-hybridized carbons (Fsp3) is 0.333. The van der Waals surface area contributed by atoms with Gasteiger partial charge in [0.2, 0.25) is 5.72 Å². The number of carbonyl (C=O) groups excluding carboxylic acids is 1. The van der Waals surface area contributed by atoms with Crippen LogP contribution in [0.3, 0.4) is 0 Å². The Kier molecular flexibility index (Phi) is 4.00. The maximum absolute atomic E-state index is 13.0. The summed E-state index contributed by atoms with van der Waals surface area (Å²) in [4.78, 5) is 12.2. The molecule has 2 rings (SSSR count). The number of rotatable bonds is 2. The molecule has 8 heteroatoms. The Hall–Kier alpha value is -1.24. The highest BCUT2D eigenvalue weighted by atomic mass is 35.5. The van der Waals surface area contributed by atoms with Crippen LogP contribution in [-0.4, -0.2) is 33.9 Å². The van der Waals surface area contributed by atoms with Crippen molar-refractivity contribution in [3.63, 3.8) is 0 Å². The van der Waals surface area contributed by atoms with Gasteiger partial charge in [-0.25, -0.2) is 8.78 Å². The van der Waals surface area contributed by atoms with Crippen LogP contribution >= 0.6 is 23.2 Å². The molecule has 1 N–H and O–H groups in total. The Bertz CT molecular complexity index is 595. The lowest BCUT2D eigenvalue weighted by Crippen LogP contribution is -2.51. The van der Waals surface area contributed by atoms with Crippen LogP contribution in [0.25, 0.3) is 0 Å². The second-order valence-electron chi connectivity index (χ2n) is 4.44. The van der Waals surface area contributed by atoms with Crippen LogP contribution < -0.4 is 0 Å². The number of amides is 1. The lowest BCUT2D eigenvalue weighted by atomic mass is 10.1. The van der Waals surface area contributed by atoms with Gasteiger partial charge in [-0.05, 0) is 25.1 Å². The molecule has 1 aromatic carbocycles. The van der Waals surface area contributed by atoms with E-state index >= 15 is 0 Å². The summed E-state index contributed by atoms with van der Waals surface area (Å²) in [7, 11) is 0. The molecule has 0 spiro atoms. The number of hydrogen-bond donors (Lipinski definition) is 1. The Labute approximate surface area is 123 Å². The summed E-state index contributed by atoms with van der Waals surface area (Å²) < 4.78 is 26.0. The number of carbonyl (C=O) groups is 1. The lowest BCUT2D eigenvalue weighted by Gasteiger charge is -2.30. The second kappa shape index (κ2) is 5.27. The van der Waals surface area contributed by atoms with Gasteiger partial charge in [0.15, 0.2) is 0 Å². The van der Waals surface area contributed by atoms with E-state index in [2.05, 4.69) is 5.10 Å². The van der Waals surface area contributed by atoms with Crippen molar-refractivity contribution in [1.82, 2.24) is 5.01 Å². The van der Waals surface area contributed by atoms with Gasteiger partial charge in [-0.15, -0.1) is 0 Å². The van der Waals surface area contributed by atoms with Gasteiger partial charge in [0.25, 0.3) is 12.3 Å². The average molecular weight is 323 g/mol. The zero-order chi connectivity index (χ0) is 15.1. The topological polar surface area (TPSA) is 52.9 Å². The Balaban J connectivity index is 2.38. The minimum Gasteiger partial charge on any atom is -0.364 e. The zero-order valence-corrected chi connectivity index (χ0v) is 11.8. The number of hydrazone groups is 1. The van der Waals surface area contributed by atoms with Gasteiger partial charge < -0.3 is 5.11 Å². The number of benzene rings is 1. The van der Waals surface area contributed by atoms with Gasteiger partial charge in [-0.1, -0.05) is 23.2 Å². The van der Waals surface area contributed by atoms with Gasteiger partial charge in [0.05, 0.1) is 10.0 Å². The third-order valence-corrected chi connectivity index (χ3v) is 3.60. The van der Waals surface area contributed by atoms with Crippen LogP contribution in [0, 0.1) is 0 Å². The first-order chi connectivity index (χ1) is 9.25. The molecule has 0 aromatic heterocycles. The van der Waals surface area contributed by atoms with E-state index in [1.165, 1.54) is 25.1 Å². The molecule has 0 fully saturated rings. The van der Waals surface area contributed by atoms with Crippen LogP contribution in [0.4, 0.5) is 8.78 Å². The standard InChI is InChI=1S/C12H10Cl2F2N2O2/c1-6-5-12(20,11(15)16)18(17-6)10(19)7-2-3-8(13)9(14)4-7/h2-4,11,20H,5H2,1H3. The van der Waals surface area contributed by atoms with Crippen LogP contribution in [-0.2, 0) is 0 Å². The normalized spacial score (nSPS) is 22.4. The van der Waals surface area contributed by atoms with E-state index in [1.54, 1.807) is 0 Å². The van der Waals surface area contributed by atoms with E-state index in [0.717, 1.165) is 0 Å². The minimum absolute atomic E-state index is 0.0110. The third kappa shape index (κ3) is 2.51. The van der Waals surface area contributed by atoms with E-state index in [1.807, 2.05) is 0 Å². The average Bonchev–Trinajstić information content (AvgIpc) is 2.68. The predicted octanol–water partition coefficient (Wildman–Crippen LogP) is 3.17. The predicted molar refractivity (Wildman–Crippen MR) is 71.3 cm³/mol. The number of nitrogens with zero attached hydrogens (tertiary/aromatic N) is 2. The van der Waals surface area contributed by atoms with Gasteiger partial charge >= 0.3 is 0 Å². The van der Waals surface area contributed by atoms with E-state index in [0.29, 0.717) is 5.01 Å². The summed E-state index contributed by atoms with van der Waals surface area (Å²) in [5.41, 5.74) is -2.38. The summed E-state index contributed by atoms with van der Waals surface area (Å²) in [5, 5.41) is 14.4. The van der Waals surface area contributed by atoms with E-state index < -0.39 is 24.5 Å². The van der Waals surface area contributed by atoms with Crippen molar-refractivity contribution >= 4 is 34.8 Å². The van der Waals surface area contributed by atoms with Crippen LogP contribution in [0.5, 0.6) is 0 Å². The van der Waals surface area contributed by atoms with Crippen molar-refractivity contribution in [1.29, 1.82) is 0 Å². The first kappa shape index (κ1) is 15.2. The van der Waals surface area contributed by atoms with Crippen molar-refractivity contribution in [3.8, 4) is 0 Å². The Morgan fingerprint density at radius 1 is 1.45 bits per heavy atom. The minimum atomic E-state index is -3.14. The molecular weight excluding hydrogens is 313 g/mol. The largest absolute Gasteiger partial charge is 0.364 e. The quantitative estimate of drug-likeness (QED) is 0.909. The molecule has 1 atom stereocenters. The fourth-order valence-electron chi connectivity index (χ4n) is 1.89. The molecule has 1 aromatic rings. The molecule has 0 aliphatic carbocycles. The molecule has 1 amide bonds. The van der Waals surface area contributed by atoms with Crippen LogP contribution in [0.15, 0.2) is 23.3 Å². The first-order valence-electron chi connectivity index (χ1n) is 5.60. The number of hydrogen-bond acceptors (Lipinski definition) is 3. The molecule has 108 valence electrons. The summed E-state index contributed by atoms with van der Waals surface area (Å²) in [6.07, 6.45) is -3.55. The number of halogens is 4. The molecule has 0 saturated heterocycles. The fourth-order valence-corrected chi connectivity index (χ4v) is 2.18. The smallest absolute Gasteiger partial charge is 0.287 e. The monoisotopic (exact) mass is 322 g/mol. The van der Waals surface area contributed by atoms with Crippen LogP contribution in [0.1, 0.15) is 23.7 Å². The van der Waals surface area contributed by atoms with Gasteiger partial charge in [0.1, 0.15) is 0 Å². The Morgan fingerprint density at radius 2 is 2.10 bits per heavy atom. The highest BCUT2D eigenvalue weighted by molar-refractivity contribution is 6.42. The molecule has 1 aliphatic heterocycles. The van der Waals surface area contributed by atoms with Gasteiger partial charge in [-0.2, -0.15) is 10.1 Å². The van der Waals surface area contributed by atoms with E-state index in [-0.39, 0.29) is 21.3 Å². The highest BCUT2D eigenvalue weighted by Crippen LogP contribution is 2.33. The molecule has 20 heavy (non-hydrogen) atoms. The zero-order valence-electron chi connectivity index (χ0n) is 10.3. The molecular formula is C12H10Cl2F2N2O2. The molecule has 1 aliphatic rings. The van der Waals surface area contributed by atoms with Crippen LogP contribution in [0.2, 0.25) is 10.0 Å². The maximum atomic E-state index is 13.0. The molecule has 1 unspecified atom stereocenters. The van der Waals surface area contributed by atoms with Gasteiger partial charge in [0, 0.05) is 17.7 Å². The second-order valence-corrected chi connectivity index (χ2v) is 5.25. The Morgan fingerprint density at radius 3 is 2.65 bits per heavy atom. The van der Waals surface area contributed by atoms with Crippen molar-refractivity contribution < 1.29 is 18.7 Å². The van der Waals surface area contributed by atoms with Crippen molar-refractivity contribution in [3.05, 3.63) is 33.8 Å². The van der Waals surface area contributed by atoms with Gasteiger partial charge in [-0.3, -0.25) is 4.79 Å². The maximum Gasteiger partial charge on any atom is 0.287 e. The van der Waals surface area contributed by atoms with Crippen molar-refractivity contribution in [2.24, 2.45) is 5.10 Å². The highest BCUT2D eigenvalue weighted by Gasteiger charge is 2.51.